The number of rotatable bonds is 3. The topological polar surface area (TPSA) is 26.0 Å². The Balaban J connectivity index is 2.28. The van der Waals surface area contributed by atoms with Crippen molar-refractivity contribution in [2.45, 2.75) is 39.7 Å². The summed E-state index contributed by atoms with van der Waals surface area (Å²) in [6.07, 6.45) is 0. The monoisotopic (exact) mass is 259 g/mol. The maximum Gasteiger partial charge on any atom is 0.0562 e. The lowest BCUT2D eigenvalue weighted by Crippen LogP contribution is -2.12. The second-order valence-electron chi connectivity index (χ2n) is 5.17. The van der Waals surface area contributed by atoms with Crippen LogP contribution in [0.2, 0.25) is 0 Å². The van der Waals surface area contributed by atoms with Crippen molar-refractivity contribution in [2.75, 3.05) is 0 Å². The molecule has 1 atom stereocenters. The zero-order valence-electron chi connectivity index (χ0n) is 11.5. The minimum Gasteiger partial charge on any atom is -0.320 e. The summed E-state index contributed by atoms with van der Waals surface area (Å²) in [6, 6.07) is 10.9. The summed E-state index contributed by atoms with van der Waals surface area (Å²) in [5.74, 6) is 0.570. The fraction of sp³-hybridized carbons (Fsp3) is 0.375. The lowest BCUT2D eigenvalue weighted by atomic mass is 9.96. The van der Waals surface area contributed by atoms with Crippen molar-refractivity contribution in [1.82, 2.24) is 0 Å². The molecular formula is C16H21NS. The molecule has 0 aliphatic rings. The number of hydrogen-bond donors (Lipinski definition) is 1. The fourth-order valence-corrected chi connectivity index (χ4v) is 3.20. The molecule has 0 aliphatic carbocycles. The van der Waals surface area contributed by atoms with E-state index in [9.17, 15) is 0 Å². The van der Waals surface area contributed by atoms with E-state index in [0.29, 0.717) is 5.92 Å². The summed E-state index contributed by atoms with van der Waals surface area (Å²) < 4.78 is 0. The van der Waals surface area contributed by atoms with Crippen molar-refractivity contribution in [3.8, 4) is 0 Å². The predicted octanol–water partition coefficient (Wildman–Crippen LogP) is 4.54. The predicted molar refractivity (Wildman–Crippen MR) is 80.4 cm³/mol. The van der Waals surface area contributed by atoms with Crippen LogP contribution in [-0.2, 0) is 0 Å². The highest BCUT2D eigenvalue weighted by Gasteiger charge is 2.13. The molecule has 0 saturated carbocycles. The number of aryl methyl sites for hydroxylation is 2. The van der Waals surface area contributed by atoms with Crippen LogP contribution in [0.25, 0.3) is 0 Å². The minimum atomic E-state index is -0.00355. The molecule has 0 bridgehead atoms. The Bertz CT molecular complexity index is 523. The van der Waals surface area contributed by atoms with Gasteiger partial charge in [-0.2, -0.15) is 0 Å². The van der Waals surface area contributed by atoms with Gasteiger partial charge in [-0.3, -0.25) is 0 Å². The molecule has 1 aromatic heterocycles. The van der Waals surface area contributed by atoms with E-state index in [1.165, 1.54) is 26.4 Å². The zero-order valence-corrected chi connectivity index (χ0v) is 12.3. The average Bonchev–Trinajstić information content (AvgIpc) is 2.67. The molecule has 2 rings (SSSR count). The van der Waals surface area contributed by atoms with Crippen LogP contribution in [0.15, 0.2) is 30.3 Å². The molecule has 0 aliphatic heterocycles. The van der Waals surface area contributed by atoms with Crippen molar-refractivity contribution >= 4 is 11.3 Å². The molecule has 2 heteroatoms. The molecule has 1 aromatic carbocycles. The summed E-state index contributed by atoms with van der Waals surface area (Å²) in [5.41, 5.74) is 10.2. The fourth-order valence-electron chi connectivity index (χ4n) is 2.23. The highest BCUT2D eigenvalue weighted by molar-refractivity contribution is 7.12. The maximum atomic E-state index is 6.36. The standard InChI is InChI=1S/C16H21NS/c1-10(2)13-5-7-14(8-6-13)16(17)15-9-11(3)18-12(15)4/h5-10,16H,17H2,1-4H3. The van der Waals surface area contributed by atoms with Gasteiger partial charge in [-0.05, 0) is 42.5 Å². The Morgan fingerprint density at radius 3 is 2.00 bits per heavy atom. The van der Waals surface area contributed by atoms with Crippen LogP contribution in [0.4, 0.5) is 0 Å². The third-order valence-corrected chi connectivity index (χ3v) is 4.36. The van der Waals surface area contributed by atoms with Crippen molar-refractivity contribution < 1.29 is 0 Å². The second kappa shape index (κ2) is 5.25. The molecule has 96 valence electrons. The normalized spacial score (nSPS) is 13.0. The van der Waals surface area contributed by atoms with Crippen molar-refractivity contribution in [1.29, 1.82) is 0 Å². The van der Waals surface area contributed by atoms with Crippen LogP contribution in [0, 0.1) is 13.8 Å². The van der Waals surface area contributed by atoms with E-state index in [2.05, 4.69) is 58.0 Å². The van der Waals surface area contributed by atoms with Gasteiger partial charge in [0.1, 0.15) is 0 Å². The lowest BCUT2D eigenvalue weighted by Gasteiger charge is -2.13. The van der Waals surface area contributed by atoms with Gasteiger partial charge in [0.05, 0.1) is 6.04 Å². The molecule has 0 saturated heterocycles. The molecule has 1 heterocycles. The largest absolute Gasteiger partial charge is 0.320 e. The Labute approximate surface area is 114 Å². The molecule has 0 fully saturated rings. The van der Waals surface area contributed by atoms with Crippen LogP contribution in [0.5, 0.6) is 0 Å². The molecule has 18 heavy (non-hydrogen) atoms. The van der Waals surface area contributed by atoms with Crippen molar-refractivity contribution in [2.24, 2.45) is 5.73 Å². The molecule has 0 radical (unpaired) electrons. The van der Waals surface area contributed by atoms with Crippen molar-refractivity contribution in [3.63, 3.8) is 0 Å². The van der Waals surface area contributed by atoms with E-state index in [0.717, 1.165) is 0 Å². The molecule has 1 unspecified atom stereocenters. The van der Waals surface area contributed by atoms with E-state index in [1.807, 2.05) is 11.3 Å². The molecule has 0 spiro atoms. The van der Waals surface area contributed by atoms with E-state index in [1.54, 1.807) is 0 Å². The summed E-state index contributed by atoms with van der Waals surface area (Å²) >= 11 is 1.82. The first kappa shape index (κ1) is 13.3. The van der Waals surface area contributed by atoms with Gasteiger partial charge in [0.25, 0.3) is 0 Å². The minimum absolute atomic E-state index is 0.00355. The van der Waals surface area contributed by atoms with Gasteiger partial charge in [0.15, 0.2) is 0 Å². The lowest BCUT2D eigenvalue weighted by molar-refractivity contribution is 0.846. The Hall–Kier alpha value is -1.12. The third-order valence-electron chi connectivity index (χ3n) is 3.38. The van der Waals surface area contributed by atoms with Gasteiger partial charge in [0, 0.05) is 9.75 Å². The Morgan fingerprint density at radius 1 is 1.00 bits per heavy atom. The number of nitrogens with two attached hydrogens (primary N) is 1. The van der Waals surface area contributed by atoms with Gasteiger partial charge in [-0.15, -0.1) is 11.3 Å². The number of hydrogen-bond acceptors (Lipinski definition) is 2. The summed E-state index contributed by atoms with van der Waals surface area (Å²) in [4.78, 5) is 2.66. The summed E-state index contributed by atoms with van der Waals surface area (Å²) in [5, 5.41) is 0. The Kier molecular flexibility index (Phi) is 3.88. The van der Waals surface area contributed by atoms with Gasteiger partial charge in [-0.1, -0.05) is 38.1 Å². The van der Waals surface area contributed by atoms with Crippen LogP contribution < -0.4 is 5.73 Å². The van der Waals surface area contributed by atoms with Gasteiger partial charge < -0.3 is 5.73 Å². The smallest absolute Gasteiger partial charge is 0.0562 e. The number of benzene rings is 1. The van der Waals surface area contributed by atoms with Crippen molar-refractivity contribution in [3.05, 3.63) is 56.8 Å². The molecule has 0 amide bonds. The van der Waals surface area contributed by atoms with Gasteiger partial charge in [-0.25, -0.2) is 0 Å². The first-order chi connectivity index (χ1) is 8.49. The molecule has 2 N–H and O–H groups in total. The third kappa shape index (κ3) is 2.65. The SMILES string of the molecule is Cc1cc(C(N)c2ccc(C(C)C)cc2)c(C)s1. The summed E-state index contributed by atoms with van der Waals surface area (Å²) in [6.45, 7) is 8.70. The van der Waals surface area contributed by atoms with E-state index >= 15 is 0 Å². The zero-order chi connectivity index (χ0) is 13.3. The molecular weight excluding hydrogens is 238 g/mol. The first-order valence-corrected chi connectivity index (χ1v) is 7.23. The van der Waals surface area contributed by atoms with Gasteiger partial charge >= 0.3 is 0 Å². The first-order valence-electron chi connectivity index (χ1n) is 6.41. The molecule has 1 nitrogen and oxygen atoms in total. The second-order valence-corrected chi connectivity index (χ2v) is 6.63. The molecule has 2 aromatic rings. The highest BCUT2D eigenvalue weighted by Crippen LogP contribution is 2.29. The number of thiophene rings is 1. The quantitative estimate of drug-likeness (QED) is 0.860. The van der Waals surface area contributed by atoms with Gasteiger partial charge in [0.2, 0.25) is 0 Å². The average molecular weight is 259 g/mol. The maximum absolute atomic E-state index is 6.36. The highest BCUT2D eigenvalue weighted by atomic mass is 32.1. The van der Waals surface area contributed by atoms with E-state index < -0.39 is 0 Å². The van der Waals surface area contributed by atoms with E-state index in [-0.39, 0.29) is 6.04 Å². The summed E-state index contributed by atoms with van der Waals surface area (Å²) in [7, 11) is 0. The van der Waals surface area contributed by atoms with Crippen LogP contribution in [-0.4, -0.2) is 0 Å². The Morgan fingerprint density at radius 2 is 1.56 bits per heavy atom. The van der Waals surface area contributed by atoms with Crippen LogP contribution in [0.1, 0.15) is 52.3 Å². The van der Waals surface area contributed by atoms with E-state index in [4.69, 9.17) is 5.73 Å². The van der Waals surface area contributed by atoms with Crippen LogP contribution >= 0.6 is 11.3 Å². The van der Waals surface area contributed by atoms with Crippen LogP contribution in [0.3, 0.4) is 0 Å².